The van der Waals surface area contributed by atoms with Crippen LogP contribution < -0.4 is 10.2 Å². The highest BCUT2D eigenvalue weighted by Gasteiger charge is 2.29. The Bertz CT molecular complexity index is 467. The minimum absolute atomic E-state index is 0.0313. The number of benzene rings is 1. The zero-order valence-electron chi connectivity index (χ0n) is 10.2. The molecule has 1 amide bonds. The lowest BCUT2D eigenvalue weighted by atomic mass is 10.2. The van der Waals surface area contributed by atoms with Gasteiger partial charge in [-0.15, -0.1) is 0 Å². The summed E-state index contributed by atoms with van der Waals surface area (Å²) in [6, 6.07) is 5.14. The number of phenols is 1. The van der Waals surface area contributed by atoms with E-state index < -0.39 is 0 Å². The van der Waals surface area contributed by atoms with Crippen molar-refractivity contribution < 1.29 is 14.6 Å². The Morgan fingerprint density at radius 2 is 2.39 bits per heavy atom. The summed E-state index contributed by atoms with van der Waals surface area (Å²) >= 11 is 0. The van der Waals surface area contributed by atoms with Crippen molar-refractivity contribution in [3.8, 4) is 11.5 Å². The Hall–Kier alpha value is -2.04. The van der Waals surface area contributed by atoms with Gasteiger partial charge in [0.25, 0.3) is 0 Å². The highest BCUT2D eigenvalue weighted by Crippen LogP contribution is 2.29. The van der Waals surface area contributed by atoms with E-state index in [1.54, 1.807) is 18.2 Å². The van der Waals surface area contributed by atoms with Crippen LogP contribution in [0.25, 0.3) is 0 Å². The van der Waals surface area contributed by atoms with Crippen LogP contribution in [0.4, 0.5) is 0 Å². The number of phenolic OH excluding ortho intramolecular Hbond substituents is 1. The summed E-state index contributed by atoms with van der Waals surface area (Å²) in [6.45, 7) is 2.32. The third-order valence-electron chi connectivity index (χ3n) is 2.66. The highest BCUT2D eigenvalue weighted by atomic mass is 16.5. The number of rotatable bonds is 5. The summed E-state index contributed by atoms with van der Waals surface area (Å²) < 4.78 is 5.25. The van der Waals surface area contributed by atoms with Crippen molar-refractivity contribution in [1.29, 1.82) is 0 Å². The molecule has 5 heteroatoms. The van der Waals surface area contributed by atoms with Crippen molar-refractivity contribution in [2.24, 2.45) is 11.0 Å². The number of carbonyl (C=O) groups excluding carboxylic acids is 1. The first-order valence-corrected chi connectivity index (χ1v) is 6.00. The first-order valence-electron chi connectivity index (χ1n) is 6.00. The van der Waals surface area contributed by atoms with Crippen molar-refractivity contribution in [1.82, 2.24) is 5.43 Å². The molecule has 0 atom stereocenters. The number of hydrazone groups is 1. The average molecular weight is 248 g/mol. The van der Waals surface area contributed by atoms with Gasteiger partial charge in [-0.05, 0) is 31.9 Å². The molecule has 0 heterocycles. The molecule has 0 radical (unpaired) electrons. The molecule has 5 nitrogen and oxygen atoms in total. The van der Waals surface area contributed by atoms with Gasteiger partial charge in [-0.2, -0.15) is 5.10 Å². The van der Waals surface area contributed by atoms with E-state index in [9.17, 15) is 9.90 Å². The van der Waals surface area contributed by atoms with E-state index in [2.05, 4.69) is 10.5 Å². The number of nitrogens with zero attached hydrogens (tertiary/aromatic N) is 1. The monoisotopic (exact) mass is 248 g/mol. The standard InChI is InChI=1S/C13H16N2O3/c1-2-18-11-5-3-4-10(12(11)16)8-14-15-13(17)9-6-7-9/h3-5,8-9,16H,2,6-7H2,1H3,(H,15,17). The molecule has 1 aromatic rings. The lowest BCUT2D eigenvalue weighted by Crippen LogP contribution is -2.18. The Balaban J connectivity index is 2.01. The maximum absolute atomic E-state index is 11.3. The highest BCUT2D eigenvalue weighted by molar-refractivity contribution is 5.87. The van der Waals surface area contributed by atoms with Crippen LogP contribution in [0.2, 0.25) is 0 Å². The topological polar surface area (TPSA) is 70.9 Å². The lowest BCUT2D eigenvalue weighted by molar-refractivity contribution is -0.122. The van der Waals surface area contributed by atoms with Crippen LogP contribution in [0, 0.1) is 5.92 Å². The number of amides is 1. The molecule has 0 spiro atoms. The fourth-order valence-corrected chi connectivity index (χ4v) is 1.52. The van der Waals surface area contributed by atoms with Crippen LogP contribution in [0.15, 0.2) is 23.3 Å². The quantitative estimate of drug-likeness (QED) is 0.615. The fraction of sp³-hybridized carbons (Fsp3) is 0.385. The van der Waals surface area contributed by atoms with Gasteiger partial charge in [0.15, 0.2) is 11.5 Å². The number of hydrogen-bond acceptors (Lipinski definition) is 4. The number of hydrogen-bond donors (Lipinski definition) is 2. The van der Waals surface area contributed by atoms with Crippen molar-refractivity contribution >= 4 is 12.1 Å². The van der Waals surface area contributed by atoms with E-state index in [1.807, 2.05) is 6.92 Å². The second-order valence-electron chi connectivity index (χ2n) is 4.14. The van der Waals surface area contributed by atoms with E-state index in [1.165, 1.54) is 6.21 Å². The first-order chi connectivity index (χ1) is 8.72. The number of para-hydroxylation sites is 1. The largest absolute Gasteiger partial charge is 0.504 e. The maximum atomic E-state index is 11.3. The number of ether oxygens (including phenoxy) is 1. The molecule has 0 aromatic heterocycles. The summed E-state index contributed by atoms with van der Waals surface area (Å²) in [5.74, 6) is 0.496. The number of carbonyl (C=O) groups is 1. The van der Waals surface area contributed by atoms with Crippen LogP contribution in [-0.4, -0.2) is 23.8 Å². The molecule has 1 fully saturated rings. The number of aromatic hydroxyl groups is 1. The van der Waals surface area contributed by atoms with Gasteiger partial charge in [-0.25, -0.2) is 5.43 Å². The molecule has 0 bridgehead atoms. The van der Waals surface area contributed by atoms with E-state index in [-0.39, 0.29) is 17.6 Å². The predicted octanol–water partition coefficient (Wildman–Crippen LogP) is 1.65. The summed E-state index contributed by atoms with van der Waals surface area (Å²) in [5, 5.41) is 13.7. The Kier molecular flexibility index (Phi) is 3.82. The molecular weight excluding hydrogens is 232 g/mol. The molecule has 18 heavy (non-hydrogen) atoms. The lowest BCUT2D eigenvalue weighted by Gasteiger charge is -2.07. The summed E-state index contributed by atoms with van der Waals surface area (Å²) in [7, 11) is 0. The van der Waals surface area contributed by atoms with Crippen molar-refractivity contribution in [2.45, 2.75) is 19.8 Å². The van der Waals surface area contributed by atoms with Gasteiger partial charge in [-0.1, -0.05) is 6.07 Å². The van der Waals surface area contributed by atoms with Gasteiger partial charge >= 0.3 is 0 Å². The molecule has 1 aliphatic rings. The van der Waals surface area contributed by atoms with E-state index in [0.29, 0.717) is 17.9 Å². The minimum Gasteiger partial charge on any atom is -0.504 e. The number of nitrogens with one attached hydrogen (secondary N) is 1. The van der Waals surface area contributed by atoms with Crippen LogP contribution in [-0.2, 0) is 4.79 Å². The zero-order valence-corrected chi connectivity index (χ0v) is 10.2. The van der Waals surface area contributed by atoms with Crippen LogP contribution >= 0.6 is 0 Å². The zero-order chi connectivity index (χ0) is 13.0. The van der Waals surface area contributed by atoms with E-state index in [0.717, 1.165) is 12.8 Å². The Morgan fingerprint density at radius 1 is 1.61 bits per heavy atom. The molecule has 96 valence electrons. The van der Waals surface area contributed by atoms with Gasteiger partial charge in [0.1, 0.15) is 0 Å². The maximum Gasteiger partial charge on any atom is 0.243 e. The summed E-state index contributed by atoms with van der Waals surface area (Å²) in [6.07, 6.45) is 3.29. The van der Waals surface area contributed by atoms with Gasteiger partial charge in [0.05, 0.1) is 12.8 Å². The summed E-state index contributed by atoms with van der Waals surface area (Å²) in [5.41, 5.74) is 2.96. The minimum atomic E-state index is -0.0632. The third kappa shape index (κ3) is 3.00. The van der Waals surface area contributed by atoms with Crippen molar-refractivity contribution in [3.63, 3.8) is 0 Å². The molecule has 0 saturated heterocycles. The second kappa shape index (κ2) is 5.53. The predicted molar refractivity (Wildman–Crippen MR) is 67.7 cm³/mol. The molecule has 1 aliphatic carbocycles. The average Bonchev–Trinajstić information content (AvgIpc) is 3.18. The second-order valence-corrected chi connectivity index (χ2v) is 4.14. The fourth-order valence-electron chi connectivity index (χ4n) is 1.52. The van der Waals surface area contributed by atoms with Gasteiger partial charge < -0.3 is 9.84 Å². The van der Waals surface area contributed by atoms with Gasteiger partial charge in [0.2, 0.25) is 5.91 Å². The van der Waals surface area contributed by atoms with Gasteiger partial charge in [-0.3, -0.25) is 4.79 Å². The molecule has 0 aliphatic heterocycles. The van der Waals surface area contributed by atoms with Crippen LogP contribution in [0.3, 0.4) is 0 Å². The smallest absolute Gasteiger partial charge is 0.243 e. The van der Waals surface area contributed by atoms with Crippen LogP contribution in [0.1, 0.15) is 25.3 Å². The molecule has 2 N–H and O–H groups in total. The van der Waals surface area contributed by atoms with E-state index in [4.69, 9.17) is 4.74 Å². The van der Waals surface area contributed by atoms with Gasteiger partial charge in [0, 0.05) is 11.5 Å². The first kappa shape index (κ1) is 12.4. The molecule has 1 aromatic carbocycles. The van der Waals surface area contributed by atoms with Crippen LogP contribution in [0.5, 0.6) is 11.5 Å². The summed E-state index contributed by atoms with van der Waals surface area (Å²) in [4.78, 5) is 11.3. The van der Waals surface area contributed by atoms with Crippen molar-refractivity contribution in [3.05, 3.63) is 23.8 Å². The molecule has 1 saturated carbocycles. The normalized spacial score (nSPS) is 14.7. The SMILES string of the molecule is CCOc1cccc(C=NNC(=O)C2CC2)c1O. The Morgan fingerprint density at radius 3 is 3.06 bits per heavy atom. The molecule has 0 unspecified atom stereocenters. The third-order valence-corrected chi connectivity index (χ3v) is 2.66. The van der Waals surface area contributed by atoms with Crippen molar-refractivity contribution in [2.75, 3.05) is 6.61 Å². The molecular formula is C13H16N2O3. The van der Waals surface area contributed by atoms with E-state index >= 15 is 0 Å². The molecule has 2 rings (SSSR count). The Labute approximate surface area is 105 Å².